The number of amides is 1. The van der Waals surface area contributed by atoms with Crippen molar-refractivity contribution in [1.82, 2.24) is 14.8 Å². The Bertz CT molecular complexity index is 683. The summed E-state index contributed by atoms with van der Waals surface area (Å²) in [5, 5.41) is 10.8. The van der Waals surface area contributed by atoms with E-state index >= 15 is 0 Å². The summed E-state index contributed by atoms with van der Waals surface area (Å²) in [6.07, 6.45) is 1.59. The summed E-state index contributed by atoms with van der Waals surface area (Å²) >= 11 is 7.17. The number of benzene rings is 1. The maximum Gasteiger partial charge on any atom is 0.237 e. The van der Waals surface area contributed by atoms with E-state index in [1.54, 1.807) is 20.4 Å². The van der Waals surface area contributed by atoms with E-state index in [0.29, 0.717) is 24.0 Å². The zero-order chi connectivity index (χ0) is 16.8. The summed E-state index contributed by atoms with van der Waals surface area (Å²) in [4.78, 5) is 12.2. The van der Waals surface area contributed by atoms with Crippen LogP contribution in [0.5, 0.6) is 0 Å². The molecule has 0 bridgehead atoms. The SMILES string of the molecule is COCCn1cnnc1SC(C)C(=O)Nc1ccc(F)cc1Cl. The standard InChI is InChI=1S/C14H16ClFN4O2S/c1-9(23-14-19-17-8-20(14)5-6-22-2)13(21)18-12-4-3-10(16)7-11(12)15/h3-4,7-9H,5-6H2,1-2H3,(H,18,21). The van der Waals surface area contributed by atoms with Crippen LogP contribution in [0.2, 0.25) is 5.02 Å². The molecule has 23 heavy (non-hydrogen) atoms. The third-order valence-electron chi connectivity index (χ3n) is 2.96. The third kappa shape index (κ3) is 4.92. The number of anilines is 1. The van der Waals surface area contributed by atoms with Crippen molar-refractivity contribution < 1.29 is 13.9 Å². The van der Waals surface area contributed by atoms with Crippen LogP contribution < -0.4 is 5.32 Å². The third-order valence-corrected chi connectivity index (χ3v) is 4.36. The molecule has 9 heteroatoms. The molecule has 0 aliphatic rings. The average molecular weight is 359 g/mol. The van der Waals surface area contributed by atoms with Gasteiger partial charge in [0.2, 0.25) is 5.91 Å². The summed E-state index contributed by atoms with van der Waals surface area (Å²) in [5.74, 6) is -0.716. The van der Waals surface area contributed by atoms with Crippen molar-refractivity contribution >= 4 is 35.0 Å². The van der Waals surface area contributed by atoms with E-state index in [2.05, 4.69) is 15.5 Å². The zero-order valence-electron chi connectivity index (χ0n) is 12.6. The van der Waals surface area contributed by atoms with Gasteiger partial charge in [-0.25, -0.2) is 4.39 Å². The molecule has 0 radical (unpaired) electrons. The number of carbonyl (C=O) groups excluding carboxylic acids is 1. The first-order valence-electron chi connectivity index (χ1n) is 6.80. The van der Waals surface area contributed by atoms with Crippen molar-refractivity contribution in [3.05, 3.63) is 35.4 Å². The molecule has 1 aromatic heterocycles. The second-order valence-electron chi connectivity index (χ2n) is 4.67. The first-order chi connectivity index (χ1) is 11.0. The van der Waals surface area contributed by atoms with Gasteiger partial charge in [-0.3, -0.25) is 4.79 Å². The number of halogens is 2. The highest BCUT2D eigenvalue weighted by Gasteiger charge is 2.19. The molecule has 1 atom stereocenters. The van der Waals surface area contributed by atoms with Gasteiger partial charge in [-0.1, -0.05) is 23.4 Å². The van der Waals surface area contributed by atoms with Gasteiger partial charge < -0.3 is 14.6 Å². The van der Waals surface area contributed by atoms with E-state index in [0.717, 1.165) is 6.07 Å². The van der Waals surface area contributed by atoms with Crippen LogP contribution in [0.25, 0.3) is 0 Å². The predicted octanol–water partition coefficient (Wildman–Crippen LogP) is 2.84. The van der Waals surface area contributed by atoms with Crippen molar-refractivity contribution in [2.45, 2.75) is 23.9 Å². The van der Waals surface area contributed by atoms with Gasteiger partial charge in [-0.2, -0.15) is 0 Å². The molecule has 0 aliphatic carbocycles. The summed E-state index contributed by atoms with van der Waals surface area (Å²) in [6, 6.07) is 3.81. The maximum absolute atomic E-state index is 13.0. The van der Waals surface area contributed by atoms with Gasteiger partial charge in [0.15, 0.2) is 5.16 Å². The lowest BCUT2D eigenvalue weighted by Gasteiger charge is -2.13. The molecule has 1 unspecified atom stereocenters. The van der Waals surface area contributed by atoms with Gasteiger partial charge in [-0.05, 0) is 25.1 Å². The Morgan fingerprint density at radius 2 is 2.35 bits per heavy atom. The Balaban J connectivity index is 1.98. The summed E-state index contributed by atoms with van der Waals surface area (Å²) in [6.45, 7) is 2.87. The Labute approximate surface area is 142 Å². The lowest BCUT2D eigenvalue weighted by Crippen LogP contribution is -2.23. The number of aromatic nitrogens is 3. The van der Waals surface area contributed by atoms with Crippen LogP contribution in [0, 0.1) is 5.82 Å². The van der Waals surface area contributed by atoms with Crippen molar-refractivity contribution in [2.75, 3.05) is 19.0 Å². The Morgan fingerprint density at radius 3 is 3.04 bits per heavy atom. The van der Waals surface area contributed by atoms with Crippen LogP contribution in [0.1, 0.15) is 6.92 Å². The molecule has 2 aromatic rings. The van der Waals surface area contributed by atoms with Crippen molar-refractivity contribution in [1.29, 1.82) is 0 Å². The van der Waals surface area contributed by atoms with Crippen LogP contribution in [0.3, 0.4) is 0 Å². The molecule has 2 rings (SSSR count). The number of rotatable bonds is 7. The van der Waals surface area contributed by atoms with Gasteiger partial charge >= 0.3 is 0 Å². The van der Waals surface area contributed by atoms with E-state index in [1.807, 2.05) is 4.57 Å². The van der Waals surface area contributed by atoms with Crippen LogP contribution in [0.4, 0.5) is 10.1 Å². The molecule has 1 N–H and O–H groups in total. The number of methoxy groups -OCH3 is 1. The second kappa shape index (κ2) is 8.28. The highest BCUT2D eigenvalue weighted by molar-refractivity contribution is 8.00. The minimum absolute atomic E-state index is 0.152. The number of nitrogens with one attached hydrogen (secondary N) is 1. The Kier molecular flexibility index (Phi) is 6.37. The van der Waals surface area contributed by atoms with Crippen LogP contribution >= 0.6 is 23.4 Å². The van der Waals surface area contributed by atoms with Gasteiger partial charge in [0.25, 0.3) is 0 Å². The highest BCUT2D eigenvalue weighted by Crippen LogP contribution is 2.25. The van der Waals surface area contributed by atoms with E-state index in [4.69, 9.17) is 16.3 Å². The number of hydrogen-bond acceptors (Lipinski definition) is 5. The quantitative estimate of drug-likeness (QED) is 0.771. The minimum Gasteiger partial charge on any atom is -0.383 e. The molecule has 1 aromatic carbocycles. The molecule has 0 fully saturated rings. The maximum atomic E-state index is 13.0. The zero-order valence-corrected chi connectivity index (χ0v) is 14.2. The highest BCUT2D eigenvalue weighted by atomic mass is 35.5. The van der Waals surface area contributed by atoms with E-state index in [1.165, 1.54) is 23.9 Å². The summed E-state index contributed by atoms with van der Waals surface area (Å²) in [5.41, 5.74) is 0.367. The van der Waals surface area contributed by atoms with Gasteiger partial charge in [0.05, 0.1) is 22.6 Å². The van der Waals surface area contributed by atoms with Crippen molar-refractivity contribution in [3.63, 3.8) is 0 Å². The molecule has 1 amide bonds. The molecule has 124 valence electrons. The lowest BCUT2D eigenvalue weighted by atomic mass is 10.3. The number of ether oxygens (including phenoxy) is 1. The fourth-order valence-electron chi connectivity index (χ4n) is 1.72. The average Bonchev–Trinajstić information content (AvgIpc) is 2.95. The number of thioether (sulfide) groups is 1. The Hall–Kier alpha value is -1.64. The monoisotopic (exact) mass is 358 g/mol. The first kappa shape index (κ1) is 17.7. The molecule has 6 nitrogen and oxygen atoms in total. The molecule has 0 aliphatic heterocycles. The van der Waals surface area contributed by atoms with Crippen LogP contribution in [0.15, 0.2) is 29.7 Å². The van der Waals surface area contributed by atoms with E-state index in [9.17, 15) is 9.18 Å². The van der Waals surface area contributed by atoms with E-state index in [-0.39, 0.29) is 10.9 Å². The van der Waals surface area contributed by atoms with Gasteiger partial charge in [0, 0.05) is 13.7 Å². The number of hydrogen-bond donors (Lipinski definition) is 1. The summed E-state index contributed by atoms with van der Waals surface area (Å²) < 4.78 is 19.8. The molecular formula is C14H16ClFN4O2S. The number of nitrogens with zero attached hydrogens (tertiary/aromatic N) is 3. The van der Waals surface area contributed by atoms with Crippen LogP contribution in [-0.2, 0) is 16.1 Å². The largest absolute Gasteiger partial charge is 0.383 e. The smallest absolute Gasteiger partial charge is 0.237 e. The molecule has 0 saturated heterocycles. The topological polar surface area (TPSA) is 69.0 Å². The number of carbonyl (C=O) groups is 1. The predicted molar refractivity (Wildman–Crippen MR) is 87.3 cm³/mol. The molecule has 1 heterocycles. The fourth-order valence-corrected chi connectivity index (χ4v) is 2.78. The first-order valence-corrected chi connectivity index (χ1v) is 8.06. The minimum atomic E-state index is -0.457. The van der Waals surface area contributed by atoms with E-state index < -0.39 is 11.1 Å². The van der Waals surface area contributed by atoms with Crippen molar-refractivity contribution in [2.24, 2.45) is 0 Å². The normalized spacial score (nSPS) is 12.2. The molecule has 0 spiro atoms. The lowest BCUT2D eigenvalue weighted by molar-refractivity contribution is -0.115. The van der Waals surface area contributed by atoms with Gasteiger partial charge in [0.1, 0.15) is 12.1 Å². The summed E-state index contributed by atoms with van der Waals surface area (Å²) in [7, 11) is 1.61. The second-order valence-corrected chi connectivity index (χ2v) is 6.39. The van der Waals surface area contributed by atoms with Crippen molar-refractivity contribution in [3.8, 4) is 0 Å². The Morgan fingerprint density at radius 1 is 1.57 bits per heavy atom. The molecule has 0 saturated carbocycles. The fraction of sp³-hybridized carbons (Fsp3) is 0.357. The van der Waals surface area contributed by atoms with Gasteiger partial charge in [-0.15, -0.1) is 10.2 Å². The molecular weight excluding hydrogens is 343 g/mol. The van der Waals surface area contributed by atoms with Crippen LogP contribution in [-0.4, -0.2) is 39.6 Å².